The van der Waals surface area contributed by atoms with E-state index in [2.05, 4.69) is 5.32 Å². The van der Waals surface area contributed by atoms with Gasteiger partial charge in [-0.2, -0.15) is 0 Å². The molecule has 0 aromatic heterocycles. The number of methoxy groups -OCH3 is 1. The minimum atomic E-state index is -0.403. The first-order valence-electron chi connectivity index (χ1n) is 11.3. The Balaban J connectivity index is 1.52. The maximum atomic E-state index is 13.7. The summed E-state index contributed by atoms with van der Waals surface area (Å²) in [6.07, 6.45) is -0.403. The van der Waals surface area contributed by atoms with Crippen molar-refractivity contribution in [3.63, 3.8) is 0 Å². The van der Waals surface area contributed by atoms with E-state index in [1.54, 1.807) is 24.1 Å². The fourth-order valence-corrected chi connectivity index (χ4v) is 4.36. The van der Waals surface area contributed by atoms with Crippen molar-refractivity contribution in [3.05, 3.63) is 118 Å². The molecule has 5 rings (SSSR count). The molecule has 1 aliphatic rings. The van der Waals surface area contributed by atoms with Gasteiger partial charge in [-0.1, -0.05) is 47.5 Å². The topological polar surface area (TPSA) is 50.8 Å². The SMILES string of the molecule is COc1ccc([C@@H]2Nc3ccccc3C(=O)N2c2ccc(C)cc2)cc1COc1ccc(Cl)cc1. The molecule has 0 saturated carbocycles. The highest BCUT2D eigenvalue weighted by molar-refractivity contribution is 6.30. The van der Waals surface area contributed by atoms with Gasteiger partial charge in [0.2, 0.25) is 0 Å². The van der Waals surface area contributed by atoms with Gasteiger partial charge in [0, 0.05) is 22.0 Å². The second-order valence-electron chi connectivity index (χ2n) is 8.42. The van der Waals surface area contributed by atoms with Crippen molar-refractivity contribution in [2.75, 3.05) is 17.3 Å². The van der Waals surface area contributed by atoms with E-state index in [0.29, 0.717) is 28.7 Å². The van der Waals surface area contributed by atoms with E-state index in [1.807, 2.05) is 85.8 Å². The molecule has 0 radical (unpaired) electrons. The summed E-state index contributed by atoms with van der Waals surface area (Å²) in [5.74, 6) is 1.37. The molecule has 1 aliphatic heterocycles. The number of carbonyl (C=O) groups is 1. The summed E-state index contributed by atoms with van der Waals surface area (Å²) < 4.78 is 11.6. The summed E-state index contributed by atoms with van der Waals surface area (Å²) in [7, 11) is 1.64. The van der Waals surface area contributed by atoms with E-state index in [0.717, 1.165) is 28.1 Å². The number of rotatable bonds is 6. The quantitative estimate of drug-likeness (QED) is 0.320. The first-order chi connectivity index (χ1) is 17.0. The van der Waals surface area contributed by atoms with E-state index < -0.39 is 6.17 Å². The summed E-state index contributed by atoms with van der Waals surface area (Å²) in [6, 6.07) is 28.7. The highest BCUT2D eigenvalue weighted by atomic mass is 35.5. The number of hydrogen-bond donors (Lipinski definition) is 1. The van der Waals surface area contributed by atoms with Crippen LogP contribution in [0, 0.1) is 6.92 Å². The van der Waals surface area contributed by atoms with E-state index in [4.69, 9.17) is 21.1 Å². The summed E-state index contributed by atoms with van der Waals surface area (Å²) in [5, 5.41) is 4.21. The van der Waals surface area contributed by atoms with Crippen molar-refractivity contribution in [1.29, 1.82) is 0 Å². The van der Waals surface area contributed by atoms with Crippen LogP contribution in [0.15, 0.2) is 91.0 Å². The number of amides is 1. The van der Waals surface area contributed by atoms with Crippen LogP contribution in [0.25, 0.3) is 0 Å². The minimum Gasteiger partial charge on any atom is -0.496 e. The van der Waals surface area contributed by atoms with Gasteiger partial charge < -0.3 is 14.8 Å². The highest BCUT2D eigenvalue weighted by Gasteiger charge is 2.34. The zero-order valence-corrected chi connectivity index (χ0v) is 20.3. The molecule has 4 aromatic rings. The Labute approximate surface area is 209 Å². The zero-order chi connectivity index (χ0) is 24.4. The number of fused-ring (bicyclic) bond motifs is 1. The molecule has 176 valence electrons. The van der Waals surface area contributed by atoms with Gasteiger partial charge in [-0.15, -0.1) is 0 Å². The van der Waals surface area contributed by atoms with Crippen LogP contribution in [0.3, 0.4) is 0 Å². The third-order valence-corrected chi connectivity index (χ3v) is 6.32. The largest absolute Gasteiger partial charge is 0.496 e. The number of hydrogen-bond acceptors (Lipinski definition) is 4. The van der Waals surface area contributed by atoms with Crippen LogP contribution in [0.2, 0.25) is 5.02 Å². The maximum absolute atomic E-state index is 13.7. The molecule has 0 unspecified atom stereocenters. The second kappa shape index (κ2) is 9.72. The molecular formula is C29H25ClN2O3. The van der Waals surface area contributed by atoms with Crippen molar-refractivity contribution in [3.8, 4) is 11.5 Å². The van der Waals surface area contributed by atoms with Crippen LogP contribution >= 0.6 is 11.6 Å². The predicted octanol–water partition coefficient (Wildman–Crippen LogP) is 7.01. The molecule has 5 nitrogen and oxygen atoms in total. The number of carbonyl (C=O) groups excluding carboxylic acids is 1. The summed E-state index contributed by atoms with van der Waals surface area (Å²) >= 11 is 5.99. The smallest absolute Gasteiger partial charge is 0.262 e. The molecule has 0 spiro atoms. The van der Waals surface area contributed by atoms with E-state index >= 15 is 0 Å². The lowest BCUT2D eigenvalue weighted by atomic mass is 10.0. The number of benzene rings is 4. The van der Waals surface area contributed by atoms with Crippen LogP contribution in [-0.2, 0) is 6.61 Å². The maximum Gasteiger partial charge on any atom is 0.262 e. The lowest BCUT2D eigenvalue weighted by Crippen LogP contribution is -2.43. The Kier molecular flexibility index (Phi) is 6.34. The van der Waals surface area contributed by atoms with E-state index in [9.17, 15) is 4.79 Å². The Bertz CT molecular complexity index is 1350. The molecule has 0 saturated heterocycles. The van der Waals surface area contributed by atoms with Crippen LogP contribution in [-0.4, -0.2) is 13.0 Å². The van der Waals surface area contributed by atoms with Crippen LogP contribution in [0.4, 0.5) is 11.4 Å². The standard InChI is InChI=1S/C29H25ClN2O3/c1-19-7-12-23(13-8-19)32-28(31-26-6-4-3-5-25(26)29(32)33)20-9-16-27(34-2)21(17-20)18-35-24-14-10-22(30)11-15-24/h3-17,28,31H,18H2,1-2H3/t28-/m1/s1. The molecule has 1 heterocycles. The average molecular weight is 485 g/mol. The molecule has 1 N–H and O–H groups in total. The van der Waals surface area contributed by atoms with E-state index in [1.165, 1.54) is 0 Å². The normalized spacial score (nSPS) is 14.8. The summed E-state index contributed by atoms with van der Waals surface area (Å²) in [4.78, 5) is 15.5. The molecule has 0 aliphatic carbocycles. The zero-order valence-electron chi connectivity index (χ0n) is 19.5. The Morgan fingerprint density at radius 3 is 2.43 bits per heavy atom. The molecular weight excluding hydrogens is 460 g/mol. The lowest BCUT2D eigenvalue weighted by Gasteiger charge is -2.38. The average Bonchev–Trinajstić information content (AvgIpc) is 2.89. The van der Waals surface area contributed by atoms with Gasteiger partial charge >= 0.3 is 0 Å². The number of para-hydroxylation sites is 1. The van der Waals surface area contributed by atoms with Gasteiger partial charge in [-0.3, -0.25) is 9.69 Å². The predicted molar refractivity (Wildman–Crippen MR) is 140 cm³/mol. The third kappa shape index (κ3) is 4.68. The van der Waals surface area contributed by atoms with Crippen molar-refractivity contribution < 1.29 is 14.3 Å². The highest BCUT2D eigenvalue weighted by Crippen LogP contribution is 2.38. The second-order valence-corrected chi connectivity index (χ2v) is 8.85. The van der Waals surface area contributed by atoms with Gasteiger partial charge in [0.25, 0.3) is 5.91 Å². The molecule has 35 heavy (non-hydrogen) atoms. The fourth-order valence-electron chi connectivity index (χ4n) is 4.23. The Morgan fingerprint density at radius 1 is 0.943 bits per heavy atom. The molecule has 0 bridgehead atoms. The fraction of sp³-hybridized carbons (Fsp3) is 0.138. The van der Waals surface area contributed by atoms with Gasteiger partial charge in [0.15, 0.2) is 0 Å². The number of nitrogens with one attached hydrogen (secondary N) is 1. The van der Waals surface area contributed by atoms with Crippen LogP contribution < -0.4 is 19.7 Å². The van der Waals surface area contributed by atoms with E-state index in [-0.39, 0.29) is 5.91 Å². The van der Waals surface area contributed by atoms with Crippen LogP contribution in [0.5, 0.6) is 11.5 Å². The van der Waals surface area contributed by atoms with Crippen LogP contribution in [0.1, 0.15) is 33.2 Å². The first-order valence-corrected chi connectivity index (χ1v) is 11.7. The number of aryl methyl sites for hydroxylation is 1. The molecule has 1 amide bonds. The van der Waals surface area contributed by atoms with Gasteiger partial charge in [0.05, 0.1) is 12.7 Å². The van der Waals surface area contributed by atoms with Crippen molar-refractivity contribution in [2.45, 2.75) is 19.7 Å². The Morgan fingerprint density at radius 2 is 1.69 bits per heavy atom. The summed E-state index contributed by atoms with van der Waals surface area (Å²) in [5.41, 5.74) is 5.20. The first kappa shape index (κ1) is 22.8. The van der Waals surface area contributed by atoms with Crippen molar-refractivity contribution in [2.24, 2.45) is 0 Å². The molecule has 1 atom stereocenters. The lowest BCUT2D eigenvalue weighted by molar-refractivity contribution is 0.0975. The molecule has 6 heteroatoms. The third-order valence-electron chi connectivity index (χ3n) is 6.07. The van der Waals surface area contributed by atoms with Gasteiger partial charge in [0.1, 0.15) is 24.3 Å². The minimum absolute atomic E-state index is 0.0528. The van der Waals surface area contributed by atoms with Gasteiger partial charge in [-0.05, 0) is 73.2 Å². The Hall–Kier alpha value is -3.96. The number of halogens is 1. The molecule has 4 aromatic carbocycles. The number of ether oxygens (including phenoxy) is 2. The van der Waals surface area contributed by atoms with Crippen molar-refractivity contribution in [1.82, 2.24) is 0 Å². The van der Waals surface area contributed by atoms with Gasteiger partial charge in [-0.25, -0.2) is 0 Å². The number of anilines is 2. The summed E-state index contributed by atoms with van der Waals surface area (Å²) in [6.45, 7) is 2.34. The van der Waals surface area contributed by atoms with Crippen molar-refractivity contribution >= 4 is 28.9 Å². The molecule has 0 fully saturated rings. The number of nitrogens with zero attached hydrogens (tertiary/aromatic N) is 1. The monoisotopic (exact) mass is 484 g/mol.